The second kappa shape index (κ2) is 7.57. The van der Waals surface area contributed by atoms with Gasteiger partial charge in [0.1, 0.15) is 17.3 Å². The van der Waals surface area contributed by atoms with Crippen LogP contribution in [0.1, 0.15) is 11.3 Å². The number of furan rings is 1. The largest absolute Gasteiger partial charge is 0.467 e. The number of halogens is 1. The lowest BCUT2D eigenvalue weighted by atomic mass is 10.0. The van der Waals surface area contributed by atoms with Gasteiger partial charge in [0, 0.05) is 11.1 Å². The first kappa shape index (κ1) is 18.8. The zero-order valence-corrected chi connectivity index (χ0v) is 16.3. The summed E-state index contributed by atoms with van der Waals surface area (Å²) in [5.74, 6) is -0.854. The Hall–Kier alpha value is -4.19. The molecule has 4 aromatic rings. The molecule has 6 heteroatoms. The summed E-state index contributed by atoms with van der Waals surface area (Å²) in [7, 11) is 0. The molecule has 0 spiro atoms. The molecular formula is C25H17FN2O3. The number of nitrogens with zero attached hydrogens (tertiary/aromatic N) is 1. The van der Waals surface area contributed by atoms with Gasteiger partial charge in [0.05, 0.1) is 18.4 Å². The monoisotopic (exact) mass is 412 g/mol. The summed E-state index contributed by atoms with van der Waals surface area (Å²) >= 11 is 0. The number of hydrogen-bond donors (Lipinski definition) is 1. The molecule has 5 rings (SSSR count). The Labute approximate surface area is 177 Å². The number of fused-ring (bicyclic) bond motifs is 1. The fraction of sp³-hybridized carbons (Fsp3) is 0.0400. The van der Waals surface area contributed by atoms with Gasteiger partial charge in [0.2, 0.25) is 0 Å². The first-order valence-electron chi connectivity index (χ1n) is 9.75. The summed E-state index contributed by atoms with van der Waals surface area (Å²) in [5.41, 5.74) is 1.52. The summed E-state index contributed by atoms with van der Waals surface area (Å²) in [6, 6.07) is 22.4. The summed E-state index contributed by atoms with van der Waals surface area (Å²) in [6.45, 7) is 0.01000. The van der Waals surface area contributed by atoms with E-state index >= 15 is 0 Å². The van der Waals surface area contributed by atoms with E-state index in [9.17, 15) is 14.0 Å². The molecule has 0 unspecified atom stereocenters. The lowest BCUT2D eigenvalue weighted by molar-refractivity contribution is -0.137. The molecule has 0 fully saturated rings. The Kier molecular flexibility index (Phi) is 4.59. The Bertz CT molecular complexity index is 1320. The molecule has 1 N–H and O–H groups in total. The molecule has 2 heterocycles. The van der Waals surface area contributed by atoms with Crippen LogP contribution in [-0.2, 0) is 16.1 Å². The number of hydrogen-bond acceptors (Lipinski definition) is 4. The molecule has 0 radical (unpaired) electrons. The van der Waals surface area contributed by atoms with Gasteiger partial charge in [0.25, 0.3) is 11.8 Å². The smallest absolute Gasteiger partial charge is 0.278 e. The Morgan fingerprint density at radius 1 is 0.839 bits per heavy atom. The number of rotatable bonds is 5. The topological polar surface area (TPSA) is 62.6 Å². The third kappa shape index (κ3) is 3.38. The first-order chi connectivity index (χ1) is 15.1. The van der Waals surface area contributed by atoms with Crippen LogP contribution >= 0.6 is 0 Å². The molecule has 0 aliphatic carbocycles. The Morgan fingerprint density at radius 2 is 1.61 bits per heavy atom. The minimum atomic E-state index is -0.464. The fourth-order valence-corrected chi connectivity index (χ4v) is 3.75. The van der Waals surface area contributed by atoms with E-state index in [0.717, 1.165) is 15.7 Å². The quantitative estimate of drug-likeness (QED) is 0.471. The maximum Gasteiger partial charge on any atom is 0.278 e. The molecule has 152 valence electrons. The second-order valence-corrected chi connectivity index (χ2v) is 7.18. The average Bonchev–Trinajstić information content (AvgIpc) is 3.38. The van der Waals surface area contributed by atoms with Gasteiger partial charge in [-0.15, -0.1) is 0 Å². The highest BCUT2D eigenvalue weighted by molar-refractivity contribution is 6.36. The van der Waals surface area contributed by atoms with E-state index in [0.29, 0.717) is 17.0 Å². The van der Waals surface area contributed by atoms with Crippen molar-refractivity contribution < 1.29 is 18.4 Å². The van der Waals surface area contributed by atoms with E-state index in [4.69, 9.17) is 4.42 Å². The molecule has 1 aliphatic rings. The number of imide groups is 1. The van der Waals surface area contributed by atoms with Gasteiger partial charge < -0.3 is 9.73 Å². The maximum absolute atomic E-state index is 13.5. The number of amides is 2. The predicted molar refractivity (Wildman–Crippen MR) is 115 cm³/mol. The van der Waals surface area contributed by atoms with Crippen molar-refractivity contribution in [2.24, 2.45) is 0 Å². The number of carbonyl (C=O) groups is 2. The van der Waals surface area contributed by atoms with Crippen molar-refractivity contribution in [2.45, 2.75) is 6.54 Å². The van der Waals surface area contributed by atoms with Crippen LogP contribution in [0.25, 0.3) is 16.3 Å². The third-order valence-electron chi connectivity index (χ3n) is 5.24. The molecule has 1 aliphatic heterocycles. The lowest BCUT2D eigenvalue weighted by Gasteiger charge is -2.14. The highest BCUT2D eigenvalue weighted by Crippen LogP contribution is 2.33. The summed E-state index contributed by atoms with van der Waals surface area (Å²) in [5, 5.41) is 5.10. The standard InChI is InChI=1S/C25H17FN2O3/c26-18-12-10-17(11-13-18)22-23(25(30)28(24(22)29)15-19-7-4-14-31-19)27-21-9-3-6-16-5-1-2-8-20(16)21/h1-14,27H,15H2. The molecule has 0 saturated carbocycles. The zero-order chi connectivity index (χ0) is 21.4. The molecule has 0 atom stereocenters. The van der Waals surface area contributed by atoms with Gasteiger partial charge in [-0.3, -0.25) is 14.5 Å². The van der Waals surface area contributed by atoms with Gasteiger partial charge in [-0.05, 0) is 41.3 Å². The highest BCUT2D eigenvalue weighted by atomic mass is 19.1. The first-order valence-corrected chi connectivity index (χ1v) is 9.75. The average molecular weight is 412 g/mol. The van der Waals surface area contributed by atoms with Gasteiger partial charge in [-0.25, -0.2) is 4.39 Å². The van der Waals surface area contributed by atoms with Crippen LogP contribution in [-0.4, -0.2) is 16.7 Å². The second-order valence-electron chi connectivity index (χ2n) is 7.18. The van der Waals surface area contributed by atoms with E-state index in [1.54, 1.807) is 12.1 Å². The van der Waals surface area contributed by atoms with Gasteiger partial charge in [-0.1, -0.05) is 48.5 Å². The minimum Gasteiger partial charge on any atom is -0.467 e. The van der Waals surface area contributed by atoms with Crippen molar-refractivity contribution in [1.82, 2.24) is 4.90 Å². The molecule has 1 aromatic heterocycles. The van der Waals surface area contributed by atoms with Crippen LogP contribution in [0.2, 0.25) is 0 Å². The van der Waals surface area contributed by atoms with Crippen molar-refractivity contribution in [2.75, 3.05) is 5.32 Å². The minimum absolute atomic E-state index is 0.01000. The van der Waals surface area contributed by atoms with Crippen LogP contribution < -0.4 is 5.32 Å². The third-order valence-corrected chi connectivity index (χ3v) is 5.24. The van der Waals surface area contributed by atoms with Crippen molar-refractivity contribution in [1.29, 1.82) is 0 Å². The molecule has 2 amide bonds. The van der Waals surface area contributed by atoms with Crippen molar-refractivity contribution in [3.8, 4) is 0 Å². The van der Waals surface area contributed by atoms with Crippen LogP contribution in [0.15, 0.2) is 95.2 Å². The van der Waals surface area contributed by atoms with Crippen LogP contribution in [0, 0.1) is 5.82 Å². The van der Waals surface area contributed by atoms with Crippen LogP contribution in [0.5, 0.6) is 0 Å². The Morgan fingerprint density at radius 3 is 2.39 bits per heavy atom. The molecule has 31 heavy (non-hydrogen) atoms. The van der Waals surface area contributed by atoms with Gasteiger partial charge in [-0.2, -0.15) is 0 Å². The zero-order valence-electron chi connectivity index (χ0n) is 16.3. The van der Waals surface area contributed by atoms with E-state index in [-0.39, 0.29) is 17.8 Å². The summed E-state index contributed by atoms with van der Waals surface area (Å²) < 4.78 is 18.8. The van der Waals surface area contributed by atoms with E-state index in [2.05, 4.69) is 5.32 Å². The molecule has 0 saturated heterocycles. The van der Waals surface area contributed by atoms with Gasteiger partial charge >= 0.3 is 0 Å². The molecule has 0 bridgehead atoms. The number of anilines is 1. The fourth-order valence-electron chi connectivity index (χ4n) is 3.75. The summed E-state index contributed by atoms with van der Waals surface area (Å²) in [6.07, 6.45) is 1.49. The SMILES string of the molecule is O=C1C(Nc2cccc3ccccc23)=C(c2ccc(F)cc2)C(=O)N1Cc1ccco1. The summed E-state index contributed by atoms with van der Waals surface area (Å²) in [4.78, 5) is 27.7. The van der Waals surface area contributed by atoms with Crippen LogP contribution in [0.4, 0.5) is 10.1 Å². The van der Waals surface area contributed by atoms with E-state index in [1.165, 1.54) is 30.5 Å². The van der Waals surface area contributed by atoms with E-state index in [1.807, 2.05) is 42.5 Å². The van der Waals surface area contributed by atoms with E-state index < -0.39 is 17.6 Å². The lowest BCUT2D eigenvalue weighted by Crippen LogP contribution is -2.31. The maximum atomic E-state index is 13.5. The normalized spacial score (nSPS) is 14.0. The molecule has 3 aromatic carbocycles. The van der Waals surface area contributed by atoms with Gasteiger partial charge in [0.15, 0.2) is 0 Å². The van der Waals surface area contributed by atoms with Crippen molar-refractivity contribution in [3.63, 3.8) is 0 Å². The van der Waals surface area contributed by atoms with Crippen molar-refractivity contribution >= 4 is 33.8 Å². The highest BCUT2D eigenvalue weighted by Gasteiger charge is 2.39. The molecule has 5 nitrogen and oxygen atoms in total. The van der Waals surface area contributed by atoms with Crippen molar-refractivity contribution in [3.05, 3.63) is 108 Å². The van der Waals surface area contributed by atoms with Crippen LogP contribution in [0.3, 0.4) is 0 Å². The predicted octanol–water partition coefficient (Wildman–Crippen LogP) is 4.96. The molecular weight excluding hydrogens is 395 g/mol. The number of nitrogens with one attached hydrogen (secondary N) is 1. The number of carbonyl (C=O) groups excluding carboxylic acids is 2. The Balaban J connectivity index is 1.61. The number of benzene rings is 3.